The van der Waals surface area contributed by atoms with Crippen LogP contribution in [-0.4, -0.2) is 24.9 Å². The van der Waals surface area contributed by atoms with Crippen molar-refractivity contribution in [2.24, 2.45) is 0 Å². The van der Waals surface area contributed by atoms with Crippen LogP contribution in [0.3, 0.4) is 0 Å². The van der Waals surface area contributed by atoms with Gasteiger partial charge in [-0.2, -0.15) is 0 Å². The van der Waals surface area contributed by atoms with Crippen LogP contribution in [0.25, 0.3) is 0 Å². The Balaban J connectivity index is 1.91. The lowest BCUT2D eigenvalue weighted by molar-refractivity contribution is -0.118. The van der Waals surface area contributed by atoms with E-state index in [1.54, 1.807) is 17.0 Å². The molecule has 0 aliphatic heterocycles. The van der Waals surface area contributed by atoms with Crippen LogP contribution < -0.4 is 10.2 Å². The Hall–Kier alpha value is -2.14. The molecule has 0 unspecified atom stereocenters. The maximum absolute atomic E-state index is 12.5. The number of nitrogens with one attached hydrogen (secondary N) is 1. The minimum atomic E-state index is -0.172. The lowest BCUT2D eigenvalue weighted by Gasteiger charge is -2.23. The lowest BCUT2D eigenvalue weighted by Crippen LogP contribution is -2.34. The van der Waals surface area contributed by atoms with E-state index in [1.165, 1.54) is 0 Å². The zero-order valence-electron chi connectivity index (χ0n) is 13.9. The van der Waals surface area contributed by atoms with Gasteiger partial charge in [-0.15, -0.1) is 0 Å². The number of halogens is 1. The molecule has 0 heterocycles. The van der Waals surface area contributed by atoms with Gasteiger partial charge in [-0.1, -0.05) is 34.1 Å². The van der Waals surface area contributed by atoms with E-state index in [1.807, 2.05) is 50.2 Å². The number of hydrogen-bond acceptors (Lipinski definition) is 2. The number of amides is 2. The summed E-state index contributed by atoms with van der Waals surface area (Å²) in [7, 11) is 0. The molecule has 24 heavy (non-hydrogen) atoms. The number of para-hydroxylation sites is 1. The summed E-state index contributed by atoms with van der Waals surface area (Å²) in [4.78, 5) is 26.3. The fourth-order valence-electron chi connectivity index (χ4n) is 2.47. The zero-order valence-corrected chi connectivity index (χ0v) is 15.5. The van der Waals surface area contributed by atoms with Crippen LogP contribution in [0, 0.1) is 6.92 Å². The first-order chi connectivity index (χ1) is 11.5. The quantitative estimate of drug-likeness (QED) is 0.814. The van der Waals surface area contributed by atoms with Crippen molar-refractivity contribution in [3.05, 3.63) is 64.1 Å². The summed E-state index contributed by atoms with van der Waals surface area (Å²) in [5.41, 5.74) is 2.56. The van der Waals surface area contributed by atoms with Crippen molar-refractivity contribution in [2.75, 3.05) is 18.0 Å². The van der Waals surface area contributed by atoms with E-state index in [4.69, 9.17) is 0 Å². The Morgan fingerprint density at radius 2 is 1.75 bits per heavy atom. The van der Waals surface area contributed by atoms with Crippen molar-refractivity contribution >= 4 is 33.4 Å². The van der Waals surface area contributed by atoms with Crippen molar-refractivity contribution in [1.29, 1.82) is 0 Å². The largest absolute Gasteiger partial charge is 0.352 e. The summed E-state index contributed by atoms with van der Waals surface area (Å²) in [5, 5.41) is 2.79. The summed E-state index contributed by atoms with van der Waals surface area (Å²) >= 11 is 3.34. The highest BCUT2D eigenvalue weighted by atomic mass is 79.9. The third-order valence-corrected chi connectivity index (χ3v) is 4.28. The predicted octanol–water partition coefficient (Wildman–Crippen LogP) is 3.93. The van der Waals surface area contributed by atoms with E-state index in [-0.39, 0.29) is 18.2 Å². The Morgan fingerprint density at radius 1 is 1.08 bits per heavy atom. The minimum absolute atomic E-state index is 0.00269. The summed E-state index contributed by atoms with van der Waals surface area (Å²) in [6.07, 6.45) is 0.268. The molecule has 0 aliphatic rings. The average molecular weight is 389 g/mol. The zero-order chi connectivity index (χ0) is 17.5. The average Bonchev–Trinajstić information content (AvgIpc) is 2.57. The van der Waals surface area contributed by atoms with Crippen LogP contribution in [0.1, 0.15) is 29.3 Å². The molecule has 0 atom stereocenters. The van der Waals surface area contributed by atoms with Crippen LogP contribution in [0.2, 0.25) is 0 Å². The molecule has 2 rings (SSSR count). The molecule has 0 fully saturated rings. The maximum Gasteiger partial charge on any atom is 0.251 e. The van der Waals surface area contributed by atoms with Gasteiger partial charge in [0.05, 0.1) is 0 Å². The van der Waals surface area contributed by atoms with E-state index < -0.39 is 0 Å². The molecular weight excluding hydrogens is 368 g/mol. The first kappa shape index (κ1) is 18.2. The molecule has 0 aromatic heterocycles. The van der Waals surface area contributed by atoms with Crippen molar-refractivity contribution in [3.8, 4) is 0 Å². The second-order valence-corrected chi connectivity index (χ2v) is 6.35. The van der Waals surface area contributed by atoms with Gasteiger partial charge in [-0.05, 0) is 49.7 Å². The van der Waals surface area contributed by atoms with Gasteiger partial charge in [0.15, 0.2) is 0 Å². The number of anilines is 1. The summed E-state index contributed by atoms with van der Waals surface area (Å²) in [6, 6.07) is 14.9. The number of carbonyl (C=O) groups excluding carboxylic acids is 2. The molecule has 2 amide bonds. The van der Waals surface area contributed by atoms with Crippen LogP contribution in [0.4, 0.5) is 5.69 Å². The Labute approximate surface area is 151 Å². The molecule has 5 heteroatoms. The molecule has 0 saturated heterocycles. The molecule has 4 nitrogen and oxygen atoms in total. The molecule has 2 aromatic carbocycles. The number of aryl methyl sites for hydroxylation is 1. The fourth-order valence-corrected chi connectivity index (χ4v) is 2.73. The summed E-state index contributed by atoms with van der Waals surface area (Å²) < 4.78 is 0.922. The SMILES string of the molecule is CCN(C(=O)CCNC(=O)c1ccc(Br)cc1)c1ccccc1C. The monoisotopic (exact) mass is 388 g/mol. The molecule has 2 aromatic rings. The Morgan fingerprint density at radius 3 is 2.38 bits per heavy atom. The highest BCUT2D eigenvalue weighted by molar-refractivity contribution is 9.10. The number of carbonyl (C=O) groups is 2. The van der Waals surface area contributed by atoms with Gasteiger partial charge >= 0.3 is 0 Å². The Bertz CT molecular complexity index is 714. The van der Waals surface area contributed by atoms with Crippen molar-refractivity contribution < 1.29 is 9.59 Å². The standard InChI is InChI=1S/C19H21BrN2O2/c1-3-22(17-7-5-4-6-14(17)2)18(23)12-13-21-19(24)15-8-10-16(20)11-9-15/h4-11H,3,12-13H2,1-2H3,(H,21,24). The van der Waals surface area contributed by atoms with Crippen LogP contribution in [0.15, 0.2) is 53.0 Å². The lowest BCUT2D eigenvalue weighted by atomic mass is 10.1. The Kier molecular flexibility index (Phi) is 6.55. The van der Waals surface area contributed by atoms with Gasteiger partial charge in [-0.3, -0.25) is 9.59 Å². The topological polar surface area (TPSA) is 49.4 Å². The predicted molar refractivity (Wildman–Crippen MR) is 100 cm³/mol. The number of rotatable bonds is 6. The minimum Gasteiger partial charge on any atom is -0.352 e. The third kappa shape index (κ3) is 4.68. The molecule has 0 radical (unpaired) electrons. The second-order valence-electron chi connectivity index (χ2n) is 5.44. The third-order valence-electron chi connectivity index (χ3n) is 3.75. The van der Waals surface area contributed by atoms with E-state index in [2.05, 4.69) is 21.2 Å². The van der Waals surface area contributed by atoms with E-state index in [9.17, 15) is 9.59 Å². The first-order valence-electron chi connectivity index (χ1n) is 7.92. The van der Waals surface area contributed by atoms with Gasteiger partial charge < -0.3 is 10.2 Å². The summed E-state index contributed by atoms with van der Waals surface area (Å²) in [5.74, 6) is -0.169. The number of nitrogens with zero attached hydrogens (tertiary/aromatic N) is 1. The van der Waals surface area contributed by atoms with Crippen molar-refractivity contribution in [1.82, 2.24) is 5.32 Å². The van der Waals surface area contributed by atoms with E-state index in [0.717, 1.165) is 15.7 Å². The van der Waals surface area contributed by atoms with Crippen LogP contribution >= 0.6 is 15.9 Å². The molecular formula is C19H21BrN2O2. The second kappa shape index (κ2) is 8.64. The van der Waals surface area contributed by atoms with Gasteiger partial charge in [0.1, 0.15) is 0 Å². The van der Waals surface area contributed by atoms with Crippen LogP contribution in [-0.2, 0) is 4.79 Å². The highest BCUT2D eigenvalue weighted by Crippen LogP contribution is 2.19. The molecule has 126 valence electrons. The molecule has 1 N–H and O–H groups in total. The normalized spacial score (nSPS) is 10.3. The van der Waals surface area contributed by atoms with Crippen molar-refractivity contribution in [2.45, 2.75) is 20.3 Å². The fraction of sp³-hybridized carbons (Fsp3) is 0.263. The van der Waals surface area contributed by atoms with Gasteiger partial charge in [0, 0.05) is 35.2 Å². The van der Waals surface area contributed by atoms with E-state index >= 15 is 0 Å². The van der Waals surface area contributed by atoms with Crippen LogP contribution in [0.5, 0.6) is 0 Å². The maximum atomic E-state index is 12.5. The molecule has 0 aliphatic carbocycles. The van der Waals surface area contributed by atoms with Gasteiger partial charge in [0.2, 0.25) is 5.91 Å². The first-order valence-corrected chi connectivity index (χ1v) is 8.72. The van der Waals surface area contributed by atoms with Gasteiger partial charge in [0.25, 0.3) is 5.91 Å². The number of hydrogen-bond donors (Lipinski definition) is 1. The van der Waals surface area contributed by atoms with Gasteiger partial charge in [-0.25, -0.2) is 0 Å². The smallest absolute Gasteiger partial charge is 0.251 e. The highest BCUT2D eigenvalue weighted by Gasteiger charge is 2.15. The van der Waals surface area contributed by atoms with E-state index in [0.29, 0.717) is 18.7 Å². The number of benzene rings is 2. The van der Waals surface area contributed by atoms with Crippen molar-refractivity contribution in [3.63, 3.8) is 0 Å². The molecule has 0 bridgehead atoms. The molecule has 0 saturated carbocycles. The summed E-state index contributed by atoms with van der Waals surface area (Å²) in [6.45, 7) is 4.85. The molecule has 0 spiro atoms.